The maximum atomic E-state index is 10.0. The lowest BCUT2D eigenvalue weighted by atomic mass is 10.1. The monoisotopic (exact) mass is 290 g/mol. The Balaban J connectivity index is 1.97. The summed E-state index contributed by atoms with van der Waals surface area (Å²) in [4.78, 5) is 2.26. The van der Waals surface area contributed by atoms with Gasteiger partial charge in [0, 0.05) is 27.3 Å². The van der Waals surface area contributed by atoms with Crippen molar-refractivity contribution in [3.63, 3.8) is 0 Å². The molecule has 1 fully saturated rings. The molecule has 0 aromatic carbocycles. The second-order valence-corrected chi connectivity index (χ2v) is 6.08. The van der Waals surface area contributed by atoms with Gasteiger partial charge >= 0.3 is 0 Å². The molecular weight excluding hydrogens is 276 g/mol. The number of hydrogen-bond acceptors (Lipinski definition) is 3. The minimum Gasteiger partial charge on any atom is -0.387 e. The third-order valence-electron chi connectivity index (χ3n) is 2.71. The Morgan fingerprint density at radius 1 is 1.73 bits per heavy atom. The van der Waals surface area contributed by atoms with Crippen LogP contribution in [0.1, 0.15) is 35.1 Å². The molecule has 0 radical (unpaired) electrons. The number of ether oxygens (including phenoxy) is 1. The number of aliphatic hydroxyl groups excluding tert-OH is 1. The summed E-state index contributed by atoms with van der Waals surface area (Å²) in [6, 6.07) is 2.01. The Morgan fingerprint density at radius 3 is 3.07 bits per heavy atom. The van der Waals surface area contributed by atoms with Gasteiger partial charge in [-0.2, -0.15) is 0 Å². The number of thiophene rings is 1. The highest BCUT2D eigenvalue weighted by atomic mass is 79.9. The molecule has 2 atom stereocenters. The summed E-state index contributed by atoms with van der Waals surface area (Å²) in [5.74, 6) is 0. The molecule has 0 saturated carbocycles. The summed E-state index contributed by atoms with van der Waals surface area (Å²) in [7, 11) is 0. The summed E-state index contributed by atoms with van der Waals surface area (Å²) in [6.07, 6.45) is 2.82. The second kappa shape index (κ2) is 4.95. The number of aliphatic hydroxyl groups is 1. The highest BCUT2D eigenvalue weighted by molar-refractivity contribution is 9.10. The maximum absolute atomic E-state index is 10.0. The fraction of sp³-hybridized carbons (Fsp3) is 0.636. The van der Waals surface area contributed by atoms with E-state index in [4.69, 9.17) is 4.74 Å². The van der Waals surface area contributed by atoms with Crippen molar-refractivity contribution in [3.05, 3.63) is 20.3 Å². The van der Waals surface area contributed by atoms with E-state index in [9.17, 15) is 5.11 Å². The van der Waals surface area contributed by atoms with Crippen LogP contribution in [-0.2, 0) is 4.74 Å². The minimum atomic E-state index is -0.372. The Morgan fingerprint density at radius 2 is 2.53 bits per heavy atom. The average molecular weight is 291 g/mol. The number of aryl methyl sites for hydroxylation is 1. The lowest BCUT2D eigenvalue weighted by Gasteiger charge is -2.13. The van der Waals surface area contributed by atoms with Gasteiger partial charge < -0.3 is 9.84 Å². The average Bonchev–Trinajstić information content (AvgIpc) is 2.78. The van der Waals surface area contributed by atoms with Crippen molar-refractivity contribution < 1.29 is 9.84 Å². The molecule has 2 nitrogen and oxygen atoms in total. The Bertz CT molecular complexity index is 312. The van der Waals surface area contributed by atoms with Gasteiger partial charge in [0.2, 0.25) is 0 Å². The third kappa shape index (κ3) is 2.81. The first-order chi connectivity index (χ1) is 7.16. The van der Waals surface area contributed by atoms with Crippen molar-refractivity contribution >= 4 is 27.3 Å². The van der Waals surface area contributed by atoms with Crippen LogP contribution in [-0.4, -0.2) is 17.8 Å². The van der Waals surface area contributed by atoms with E-state index in [1.807, 2.05) is 6.07 Å². The Hall–Kier alpha value is 0.100. The fourth-order valence-corrected chi connectivity index (χ4v) is 3.40. The lowest BCUT2D eigenvalue weighted by molar-refractivity contribution is 0.0548. The first-order valence-electron chi connectivity index (χ1n) is 5.22. The second-order valence-electron chi connectivity index (χ2n) is 3.94. The first-order valence-corrected chi connectivity index (χ1v) is 6.83. The van der Waals surface area contributed by atoms with E-state index in [0.29, 0.717) is 0 Å². The van der Waals surface area contributed by atoms with Gasteiger partial charge in [-0.15, -0.1) is 11.3 Å². The SMILES string of the molecule is Cc1sc(C(O)CC2CCCO2)cc1Br. The largest absolute Gasteiger partial charge is 0.387 e. The lowest BCUT2D eigenvalue weighted by Crippen LogP contribution is -2.10. The molecule has 0 spiro atoms. The van der Waals surface area contributed by atoms with E-state index in [1.54, 1.807) is 11.3 Å². The molecule has 1 aliphatic rings. The van der Waals surface area contributed by atoms with Crippen LogP contribution in [0.5, 0.6) is 0 Å². The van der Waals surface area contributed by atoms with E-state index in [1.165, 1.54) is 4.88 Å². The third-order valence-corrected chi connectivity index (χ3v) is 4.95. The van der Waals surface area contributed by atoms with E-state index < -0.39 is 0 Å². The van der Waals surface area contributed by atoms with Crippen LogP contribution in [0, 0.1) is 6.92 Å². The Kier molecular flexibility index (Phi) is 3.83. The quantitative estimate of drug-likeness (QED) is 0.924. The van der Waals surface area contributed by atoms with Gasteiger partial charge in [0.1, 0.15) is 0 Å². The minimum absolute atomic E-state index is 0.251. The molecule has 1 aromatic rings. The molecule has 2 rings (SSSR count). The van der Waals surface area contributed by atoms with Gasteiger partial charge in [-0.25, -0.2) is 0 Å². The zero-order valence-corrected chi connectivity index (χ0v) is 11.1. The number of halogens is 1. The summed E-state index contributed by atoms with van der Waals surface area (Å²) in [5.41, 5.74) is 0. The van der Waals surface area contributed by atoms with Crippen molar-refractivity contribution in [1.29, 1.82) is 0 Å². The first kappa shape index (κ1) is 11.6. The molecule has 0 amide bonds. The number of hydrogen-bond donors (Lipinski definition) is 1. The van der Waals surface area contributed by atoms with E-state index in [2.05, 4.69) is 22.9 Å². The van der Waals surface area contributed by atoms with Crippen molar-refractivity contribution in [2.24, 2.45) is 0 Å². The van der Waals surface area contributed by atoms with Crippen molar-refractivity contribution in [3.8, 4) is 0 Å². The van der Waals surface area contributed by atoms with Crippen LogP contribution in [0.3, 0.4) is 0 Å². The highest BCUT2D eigenvalue weighted by Crippen LogP contribution is 2.33. The van der Waals surface area contributed by atoms with Crippen molar-refractivity contribution in [1.82, 2.24) is 0 Å². The fourth-order valence-electron chi connectivity index (χ4n) is 1.84. The molecule has 4 heteroatoms. The normalized spacial score (nSPS) is 23.3. The molecule has 1 aliphatic heterocycles. The van der Waals surface area contributed by atoms with E-state index >= 15 is 0 Å². The van der Waals surface area contributed by atoms with E-state index in [-0.39, 0.29) is 12.2 Å². The molecule has 1 N–H and O–H groups in total. The standard InChI is InChI=1S/C11H15BrO2S/c1-7-9(12)6-11(15-7)10(13)5-8-3-2-4-14-8/h6,8,10,13H,2-5H2,1H3. The van der Waals surface area contributed by atoms with Crippen LogP contribution < -0.4 is 0 Å². The van der Waals surface area contributed by atoms with Crippen LogP contribution in [0.4, 0.5) is 0 Å². The van der Waals surface area contributed by atoms with E-state index in [0.717, 1.165) is 35.2 Å². The van der Waals surface area contributed by atoms with Crippen LogP contribution in [0.25, 0.3) is 0 Å². The highest BCUT2D eigenvalue weighted by Gasteiger charge is 2.21. The van der Waals surface area contributed by atoms with Crippen LogP contribution in [0.2, 0.25) is 0 Å². The zero-order valence-electron chi connectivity index (χ0n) is 8.70. The van der Waals surface area contributed by atoms with Gasteiger partial charge in [-0.05, 0) is 41.8 Å². The van der Waals surface area contributed by atoms with Gasteiger partial charge in [-0.1, -0.05) is 0 Å². The van der Waals surface area contributed by atoms with Crippen molar-refractivity contribution in [2.45, 2.75) is 38.4 Å². The smallest absolute Gasteiger partial charge is 0.0907 e. The summed E-state index contributed by atoms with van der Waals surface area (Å²) < 4.78 is 6.61. The number of rotatable bonds is 3. The predicted octanol–water partition coefficient (Wildman–Crippen LogP) is 3.42. The van der Waals surface area contributed by atoms with Crippen molar-refractivity contribution in [2.75, 3.05) is 6.61 Å². The molecule has 84 valence electrons. The summed E-state index contributed by atoms with van der Waals surface area (Å²) >= 11 is 5.12. The summed E-state index contributed by atoms with van der Waals surface area (Å²) in [5, 5.41) is 10.0. The molecule has 0 aliphatic carbocycles. The van der Waals surface area contributed by atoms with Gasteiger partial charge in [-0.3, -0.25) is 0 Å². The van der Waals surface area contributed by atoms with Gasteiger partial charge in [0.05, 0.1) is 12.2 Å². The van der Waals surface area contributed by atoms with Gasteiger partial charge in [0.15, 0.2) is 0 Å². The van der Waals surface area contributed by atoms with Gasteiger partial charge in [0.25, 0.3) is 0 Å². The van der Waals surface area contributed by atoms with Crippen LogP contribution in [0.15, 0.2) is 10.5 Å². The molecule has 0 bridgehead atoms. The Labute approximate surface area is 102 Å². The maximum Gasteiger partial charge on any atom is 0.0907 e. The topological polar surface area (TPSA) is 29.5 Å². The molecule has 2 unspecified atom stereocenters. The predicted molar refractivity (Wildman–Crippen MR) is 65.3 cm³/mol. The molecule has 1 aromatic heterocycles. The zero-order chi connectivity index (χ0) is 10.8. The summed E-state index contributed by atoms with van der Waals surface area (Å²) in [6.45, 7) is 2.90. The molecule has 15 heavy (non-hydrogen) atoms. The molecule has 2 heterocycles. The molecule has 1 saturated heterocycles. The van der Waals surface area contributed by atoms with Crippen LogP contribution >= 0.6 is 27.3 Å². The molecular formula is C11H15BrO2S.